The average Bonchev–Trinajstić information content (AvgIpc) is 2.85. The Morgan fingerprint density at radius 2 is 1.11 bits per heavy atom. The predicted molar refractivity (Wildman–Crippen MR) is 148 cm³/mol. The Hall–Kier alpha value is -1.60. The van der Waals surface area contributed by atoms with Crippen molar-refractivity contribution in [3.05, 3.63) is 47.8 Å². The lowest BCUT2D eigenvalue weighted by Gasteiger charge is -2.28. The number of hydrogen-bond acceptors (Lipinski definition) is 5. The fourth-order valence-corrected chi connectivity index (χ4v) is 7.22. The highest BCUT2D eigenvalue weighted by atomic mass is 28.4. The standard InChI is InChI=1S/C29H48N2O3Si/c1-5-32-35(33-6-2,34-7-3)23-17-15-13-11-9-8-10-12-14-16-18-27-20-22-31-29(25-27)28-24-26(4)19-21-30-28/h19-22,24-25H,5-18,23H2,1-4H3. The maximum Gasteiger partial charge on any atom is 0.500 e. The van der Waals surface area contributed by atoms with Gasteiger partial charge >= 0.3 is 8.80 Å². The normalized spacial score (nSPS) is 11.8. The third-order valence-corrected chi connectivity index (χ3v) is 9.44. The molecule has 0 unspecified atom stereocenters. The molecular weight excluding hydrogens is 452 g/mol. The largest absolute Gasteiger partial charge is 0.500 e. The summed E-state index contributed by atoms with van der Waals surface area (Å²) < 4.78 is 17.8. The monoisotopic (exact) mass is 500 g/mol. The third kappa shape index (κ3) is 11.8. The van der Waals surface area contributed by atoms with E-state index in [-0.39, 0.29) is 0 Å². The summed E-state index contributed by atoms with van der Waals surface area (Å²) in [4.78, 5) is 8.98. The topological polar surface area (TPSA) is 53.5 Å². The van der Waals surface area contributed by atoms with Gasteiger partial charge in [0.25, 0.3) is 0 Å². The minimum absolute atomic E-state index is 0.667. The summed E-state index contributed by atoms with van der Waals surface area (Å²) in [6.07, 6.45) is 17.9. The van der Waals surface area contributed by atoms with Crippen LogP contribution in [-0.4, -0.2) is 38.6 Å². The zero-order chi connectivity index (χ0) is 25.2. The molecule has 0 amide bonds. The van der Waals surface area contributed by atoms with Crippen molar-refractivity contribution >= 4 is 8.80 Å². The van der Waals surface area contributed by atoms with Crippen molar-refractivity contribution in [3.8, 4) is 11.4 Å². The smallest absolute Gasteiger partial charge is 0.374 e. The molecule has 0 bridgehead atoms. The van der Waals surface area contributed by atoms with Crippen LogP contribution in [-0.2, 0) is 19.7 Å². The molecule has 35 heavy (non-hydrogen) atoms. The highest BCUT2D eigenvalue weighted by molar-refractivity contribution is 6.60. The fraction of sp³-hybridized carbons (Fsp3) is 0.655. The van der Waals surface area contributed by atoms with Gasteiger partial charge in [-0.1, -0.05) is 51.4 Å². The van der Waals surface area contributed by atoms with Crippen LogP contribution < -0.4 is 0 Å². The first-order valence-corrected chi connectivity index (χ1v) is 15.9. The van der Waals surface area contributed by atoms with Crippen LogP contribution in [0, 0.1) is 6.92 Å². The van der Waals surface area contributed by atoms with Crippen molar-refractivity contribution < 1.29 is 13.3 Å². The number of nitrogens with zero attached hydrogens (tertiary/aromatic N) is 2. The molecule has 2 aromatic rings. The summed E-state index contributed by atoms with van der Waals surface area (Å²) in [7, 11) is -2.44. The van der Waals surface area contributed by atoms with E-state index in [4.69, 9.17) is 13.3 Å². The molecule has 0 N–H and O–H groups in total. The summed E-state index contributed by atoms with van der Waals surface area (Å²) in [6.45, 7) is 10.2. The molecule has 0 saturated heterocycles. The molecule has 0 aliphatic heterocycles. The Kier molecular flexibility index (Phi) is 15.0. The molecule has 2 aromatic heterocycles. The summed E-state index contributed by atoms with van der Waals surface area (Å²) >= 11 is 0. The fourth-order valence-electron chi connectivity index (χ4n) is 4.53. The van der Waals surface area contributed by atoms with Crippen molar-refractivity contribution in [2.75, 3.05) is 19.8 Å². The van der Waals surface area contributed by atoms with Crippen LogP contribution in [0.1, 0.15) is 96.1 Å². The third-order valence-electron chi connectivity index (χ3n) is 6.29. The minimum Gasteiger partial charge on any atom is -0.374 e. The zero-order valence-electron chi connectivity index (χ0n) is 22.7. The van der Waals surface area contributed by atoms with Crippen molar-refractivity contribution in [3.63, 3.8) is 0 Å². The number of rotatable bonds is 20. The molecular formula is C29H48N2O3Si. The molecule has 6 heteroatoms. The lowest BCUT2D eigenvalue weighted by atomic mass is 10.0. The van der Waals surface area contributed by atoms with Gasteiger partial charge in [0.2, 0.25) is 0 Å². The number of unbranched alkanes of at least 4 members (excludes halogenated alkanes) is 9. The van der Waals surface area contributed by atoms with Crippen molar-refractivity contribution in [2.24, 2.45) is 0 Å². The van der Waals surface area contributed by atoms with Crippen LogP contribution in [0.3, 0.4) is 0 Å². The summed E-state index contributed by atoms with van der Waals surface area (Å²) in [5, 5.41) is 0. The van der Waals surface area contributed by atoms with E-state index >= 15 is 0 Å². The molecule has 0 radical (unpaired) electrons. The van der Waals surface area contributed by atoms with E-state index < -0.39 is 8.80 Å². The number of hydrogen-bond donors (Lipinski definition) is 0. The van der Waals surface area contributed by atoms with E-state index in [0.717, 1.165) is 30.3 Å². The van der Waals surface area contributed by atoms with E-state index in [1.54, 1.807) is 0 Å². The van der Waals surface area contributed by atoms with Gasteiger partial charge in [0.1, 0.15) is 0 Å². The van der Waals surface area contributed by atoms with E-state index in [9.17, 15) is 0 Å². The van der Waals surface area contributed by atoms with E-state index in [1.807, 2.05) is 39.2 Å². The van der Waals surface area contributed by atoms with Gasteiger partial charge in [0, 0.05) is 38.3 Å². The van der Waals surface area contributed by atoms with Gasteiger partial charge in [-0.25, -0.2) is 0 Å². The Labute approximate surface area is 215 Å². The van der Waals surface area contributed by atoms with Crippen molar-refractivity contribution in [1.29, 1.82) is 0 Å². The van der Waals surface area contributed by atoms with E-state index in [2.05, 4.69) is 35.1 Å². The second-order valence-corrected chi connectivity index (χ2v) is 12.0. The first-order chi connectivity index (χ1) is 17.1. The van der Waals surface area contributed by atoms with Gasteiger partial charge in [-0.3, -0.25) is 9.97 Å². The second-order valence-electron chi connectivity index (χ2n) is 9.29. The Morgan fingerprint density at radius 1 is 0.629 bits per heavy atom. The van der Waals surface area contributed by atoms with Crippen LogP contribution in [0.2, 0.25) is 6.04 Å². The molecule has 196 valence electrons. The lowest BCUT2D eigenvalue weighted by molar-refractivity contribution is 0.0706. The van der Waals surface area contributed by atoms with Gasteiger partial charge in [-0.2, -0.15) is 0 Å². The molecule has 5 nitrogen and oxygen atoms in total. The average molecular weight is 501 g/mol. The lowest BCUT2D eigenvalue weighted by Crippen LogP contribution is -2.45. The number of aryl methyl sites for hydroxylation is 2. The molecule has 0 saturated carbocycles. The molecule has 0 atom stereocenters. The summed E-state index contributed by atoms with van der Waals surface area (Å²) in [5.74, 6) is 0. The second kappa shape index (κ2) is 17.8. The molecule has 0 aliphatic carbocycles. The maximum absolute atomic E-state index is 5.95. The van der Waals surface area contributed by atoms with Gasteiger partial charge < -0.3 is 13.3 Å². The Bertz CT molecular complexity index is 801. The zero-order valence-corrected chi connectivity index (χ0v) is 23.7. The Morgan fingerprint density at radius 3 is 1.66 bits per heavy atom. The van der Waals surface area contributed by atoms with Crippen molar-refractivity contribution in [1.82, 2.24) is 9.97 Å². The highest BCUT2D eigenvalue weighted by Crippen LogP contribution is 2.21. The number of aromatic nitrogens is 2. The first kappa shape index (κ1) is 29.6. The predicted octanol–water partition coefficient (Wildman–Crippen LogP) is 7.94. The van der Waals surface area contributed by atoms with Gasteiger partial charge in [0.05, 0.1) is 11.4 Å². The van der Waals surface area contributed by atoms with Crippen LogP contribution in [0.5, 0.6) is 0 Å². The van der Waals surface area contributed by atoms with Crippen LogP contribution in [0.4, 0.5) is 0 Å². The van der Waals surface area contributed by atoms with Crippen molar-refractivity contribution in [2.45, 2.75) is 104 Å². The number of pyridine rings is 2. The SMILES string of the molecule is CCO[Si](CCCCCCCCCCCCc1ccnc(-c2cc(C)ccn2)c1)(OCC)OCC. The summed E-state index contributed by atoms with van der Waals surface area (Å²) in [6, 6.07) is 9.41. The van der Waals surface area contributed by atoms with Gasteiger partial charge in [-0.05, 0) is 82.3 Å². The van der Waals surface area contributed by atoms with E-state index in [0.29, 0.717) is 19.8 Å². The molecule has 2 rings (SSSR count). The first-order valence-electron chi connectivity index (χ1n) is 13.9. The van der Waals surface area contributed by atoms with Gasteiger partial charge in [-0.15, -0.1) is 0 Å². The molecule has 2 heterocycles. The minimum atomic E-state index is -2.44. The molecule has 0 fully saturated rings. The van der Waals surface area contributed by atoms with Crippen LogP contribution in [0.15, 0.2) is 36.7 Å². The Balaban J connectivity index is 1.51. The van der Waals surface area contributed by atoms with E-state index in [1.165, 1.54) is 68.9 Å². The van der Waals surface area contributed by atoms with Gasteiger partial charge in [0.15, 0.2) is 0 Å². The highest BCUT2D eigenvalue weighted by Gasteiger charge is 2.39. The van der Waals surface area contributed by atoms with Crippen LogP contribution in [0.25, 0.3) is 11.4 Å². The molecule has 0 spiro atoms. The molecule has 0 aliphatic rings. The summed E-state index contributed by atoms with van der Waals surface area (Å²) in [5.41, 5.74) is 4.53. The maximum atomic E-state index is 5.95. The molecule has 0 aromatic carbocycles. The van der Waals surface area contributed by atoms with Crippen LogP contribution >= 0.6 is 0 Å². The quantitative estimate of drug-likeness (QED) is 0.136.